The third-order valence-electron chi connectivity index (χ3n) is 4.64. The predicted molar refractivity (Wildman–Crippen MR) is 132 cm³/mol. The molecule has 192 valence electrons. The second kappa shape index (κ2) is 15.2. The van der Waals surface area contributed by atoms with Gasteiger partial charge in [-0.25, -0.2) is 4.79 Å². The van der Waals surface area contributed by atoms with E-state index < -0.39 is 34.3 Å². The molecule has 2 aromatic rings. The third kappa shape index (κ3) is 10.1. The van der Waals surface area contributed by atoms with Crippen molar-refractivity contribution in [3.8, 4) is 5.75 Å². The van der Waals surface area contributed by atoms with Gasteiger partial charge in [-0.05, 0) is 49.2 Å². The van der Waals surface area contributed by atoms with Gasteiger partial charge in [0, 0.05) is 11.1 Å². The average Bonchev–Trinajstić information content (AvgIpc) is 2.82. The van der Waals surface area contributed by atoms with Gasteiger partial charge in [0.05, 0.1) is 22.2 Å². The minimum atomic E-state index is -1.77. The third-order valence-corrected chi connectivity index (χ3v) is 6.24. The van der Waals surface area contributed by atoms with Gasteiger partial charge in [0.2, 0.25) is 0 Å². The molecule has 0 fully saturated rings. The lowest BCUT2D eigenvalue weighted by Gasteiger charge is -2.20. The van der Waals surface area contributed by atoms with Gasteiger partial charge in [0.1, 0.15) is 11.8 Å². The van der Waals surface area contributed by atoms with Crippen LogP contribution >= 0.6 is 23.4 Å². The summed E-state index contributed by atoms with van der Waals surface area (Å²) in [5.41, 5.74) is 10.7. The van der Waals surface area contributed by atoms with Gasteiger partial charge >= 0.3 is 11.9 Å². The lowest BCUT2D eigenvalue weighted by atomic mass is 10.1. The Bertz CT molecular complexity index is 993. The summed E-state index contributed by atoms with van der Waals surface area (Å²) in [7, 11) is 1.49. The van der Waals surface area contributed by atoms with Crippen LogP contribution in [0.2, 0.25) is 5.02 Å². The number of benzene rings is 2. The Labute approximate surface area is 211 Å². The molecule has 2 rings (SSSR count). The molecule has 0 saturated heterocycles. The van der Waals surface area contributed by atoms with E-state index in [1.54, 1.807) is 24.3 Å². The molecule has 35 heavy (non-hydrogen) atoms. The van der Waals surface area contributed by atoms with Crippen molar-refractivity contribution in [2.75, 3.05) is 13.7 Å². The number of nitro groups is 1. The lowest BCUT2D eigenvalue weighted by molar-refractivity contribution is -0.387. The Hall–Kier alpha value is -2.90. The van der Waals surface area contributed by atoms with E-state index in [1.807, 2.05) is 0 Å². The fourth-order valence-corrected chi connectivity index (χ4v) is 4.25. The topological polar surface area (TPSA) is 199 Å². The molecule has 11 nitrogen and oxygen atoms in total. The molecule has 0 aliphatic heterocycles. The minimum Gasteiger partial charge on any atom is -0.497 e. The fraction of sp³-hybridized carbons (Fsp3) is 0.364. The van der Waals surface area contributed by atoms with Crippen LogP contribution in [0.1, 0.15) is 30.1 Å². The van der Waals surface area contributed by atoms with Gasteiger partial charge in [0.15, 0.2) is 6.10 Å². The van der Waals surface area contributed by atoms with Crippen LogP contribution in [0.15, 0.2) is 47.4 Å². The van der Waals surface area contributed by atoms with E-state index in [2.05, 4.69) is 0 Å². The van der Waals surface area contributed by atoms with E-state index in [-0.39, 0.29) is 15.6 Å². The van der Waals surface area contributed by atoms with E-state index in [9.17, 15) is 29.9 Å². The monoisotopic (exact) mass is 529 g/mol. The highest BCUT2D eigenvalue weighted by Crippen LogP contribution is 2.43. The highest BCUT2D eigenvalue weighted by molar-refractivity contribution is 7.99. The number of aliphatic hydroxyl groups excluding tert-OH is 1. The number of unbranched alkanes of at least 4 members (excludes halogenated alkanes) is 1. The molecule has 0 saturated carbocycles. The van der Waals surface area contributed by atoms with Crippen molar-refractivity contribution in [1.82, 2.24) is 0 Å². The number of halogens is 1. The number of nitro benzene ring substituents is 1. The SMILES string of the molecule is COc1ccc(C(Sc2cc(Cl)ccc2[N+](=O)[O-])C(O)C(=O)O)cc1.NCCCC[C@H](N)C(=O)O. The van der Waals surface area contributed by atoms with Crippen LogP contribution in [0.3, 0.4) is 0 Å². The smallest absolute Gasteiger partial charge is 0.334 e. The van der Waals surface area contributed by atoms with Crippen molar-refractivity contribution in [1.29, 1.82) is 0 Å². The molecule has 0 bridgehead atoms. The molecule has 0 aromatic heterocycles. The number of hydrogen-bond donors (Lipinski definition) is 5. The Morgan fingerprint density at radius 3 is 2.26 bits per heavy atom. The van der Waals surface area contributed by atoms with Crippen LogP contribution in [-0.4, -0.2) is 58.0 Å². The number of methoxy groups -OCH3 is 1. The molecule has 0 aliphatic carbocycles. The standard InChI is InChI=1S/C16H14ClNO6S.C6H14N2O2/c1-24-11-5-2-9(3-6-11)15(14(19)16(20)21)25-13-8-10(17)4-7-12(13)18(22)23;7-4-2-1-3-5(8)6(9)10/h2-8,14-15,19H,1H3,(H,20,21);5H,1-4,7-8H2,(H,9,10)/t;5-/m.0/s1. The number of carbonyl (C=O) groups is 2. The first-order valence-corrected chi connectivity index (χ1v) is 11.6. The van der Waals surface area contributed by atoms with Crippen molar-refractivity contribution in [3.63, 3.8) is 0 Å². The van der Waals surface area contributed by atoms with Gasteiger partial charge in [-0.15, -0.1) is 11.8 Å². The Morgan fingerprint density at radius 1 is 1.14 bits per heavy atom. The van der Waals surface area contributed by atoms with Crippen LogP contribution < -0.4 is 16.2 Å². The number of nitrogens with zero attached hydrogens (tertiary/aromatic N) is 1. The average molecular weight is 530 g/mol. The van der Waals surface area contributed by atoms with Gasteiger partial charge < -0.3 is 31.5 Å². The zero-order chi connectivity index (χ0) is 26.5. The van der Waals surface area contributed by atoms with Crippen molar-refractivity contribution < 1.29 is 34.6 Å². The molecule has 0 radical (unpaired) electrons. The summed E-state index contributed by atoms with van der Waals surface area (Å²) < 4.78 is 5.05. The Kier molecular flexibility index (Phi) is 13.1. The first-order chi connectivity index (χ1) is 16.5. The quantitative estimate of drug-likeness (QED) is 0.117. The van der Waals surface area contributed by atoms with E-state index in [0.717, 1.165) is 24.6 Å². The van der Waals surface area contributed by atoms with Crippen LogP contribution in [0.25, 0.3) is 0 Å². The normalized spacial score (nSPS) is 13.1. The Balaban J connectivity index is 0.000000518. The van der Waals surface area contributed by atoms with E-state index in [0.29, 0.717) is 24.3 Å². The number of nitrogens with two attached hydrogens (primary N) is 2. The highest BCUT2D eigenvalue weighted by Gasteiger charge is 2.31. The lowest BCUT2D eigenvalue weighted by Crippen LogP contribution is -2.29. The van der Waals surface area contributed by atoms with Crippen LogP contribution in [0.4, 0.5) is 5.69 Å². The maximum Gasteiger partial charge on any atom is 0.334 e. The second-order valence-corrected chi connectivity index (χ2v) is 8.81. The van der Waals surface area contributed by atoms with Gasteiger partial charge in [-0.2, -0.15) is 0 Å². The highest BCUT2D eigenvalue weighted by atomic mass is 35.5. The molecule has 2 aromatic carbocycles. The van der Waals surface area contributed by atoms with Crippen LogP contribution in [0.5, 0.6) is 5.75 Å². The summed E-state index contributed by atoms with van der Waals surface area (Å²) in [6.45, 7) is 0.604. The van der Waals surface area contributed by atoms with Crippen molar-refractivity contribution >= 4 is 41.0 Å². The number of carboxylic acid groups (broad SMARTS) is 2. The van der Waals surface area contributed by atoms with Crippen molar-refractivity contribution in [2.45, 2.75) is 41.6 Å². The fourth-order valence-electron chi connectivity index (χ4n) is 2.74. The summed E-state index contributed by atoms with van der Waals surface area (Å²) in [4.78, 5) is 32.2. The number of aliphatic carboxylic acids is 2. The van der Waals surface area contributed by atoms with Crippen molar-refractivity contribution in [3.05, 3.63) is 63.2 Å². The number of rotatable bonds is 12. The number of ether oxygens (including phenoxy) is 1. The molecule has 0 amide bonds. The van der Waals surface area contributed by atoms with Crippen molar-refractivity contribution in [2.24, 2.45) is 11.5 Å². The van der Waals surface area contributed by atoms with E-state index >= 15 is 0 Å². The van der Waals surface area contributed by atoms with Crippen LogP contribution in [0, 0.1) is 10.1 Å². The summed E-state index contributed by atoms with van der Waals surface area (Å²) in [5.74, 6) is -1.80. The Morgan fingerprint density at radius 2 is 1.77 bits per heavy atom. The van der Waals surface area contributed by atoms with Gasteiger partial charge in [0.25, 0.3) is 5.69 Å². The number of hydrogen-bond acceptors (Lipinski definition) is 9. The molecule has 0 spiro atoms. The number of thioether (sulfide) groups is 1. The predicted octanol–water partition coefficient (Wildman–Crippen LogP) is 3.06. The zero-order valence-corrected chi connectivity index (χ0v) is 20.4. The minimum absolute atomic E-state index is 0.165. The molecule has 2 unspecified atom stereocenters. The molecule has 7 N–H and O–H groups in total. The second-order valence-electron chi connectivity index (χ2n) is 7.19. The maximum absolute atomic E-state index is 11.3. The molecule has 0 aliphatic rings. The first kappa shape index (κ1) is 30.1. The molecule has 0 heterocycles. The largest absolute Gasteiger partial charge is 0.497 e. The molecular formula is C22H28ClN3O8S. The summed E-state index contributed by atoms with van der Waals surface area (Å²) in [6.07, 6.45) is 0.397. The van der Waals surface area contributed by atoms with Gasteiger partial charge in [-0.1, -0.05) is 30.2 Å². The van der Waals surface area contributed by atoms with Crippen LogP contribution in [-0.2, 0) is 9.59 Å². The zero-order valence-electron chi connectivity index (χ0n) is 18.9. The summed E-state index contributed by atoms with van der Waals surface area (Å²) >= 11 is 6.76. The number of aliphatic hydroxyl groups is 1. The van der Waals surface area contributed by atoms with E-state index in [4.69, 9.17) is 32.9 Å². The van der Waals surface area contributed by atoms with E-state index in [1.165, 1.54) is 25.3 Å². The summed E-state index contributed by atoms with van der Waals surface area (Å²) in [5, 5.41) is 38.1. The summed E-state index contributed by atoms with van der Waals surface area (Å²) in [6, 6.07) is 9.69. The number of carboxylic acids is 2. The molecule has 3 atom stereocenters. The van der Waals surface area contributed by atoms with Gasteiger partial charge in [-0.3, -0.25) is 14.9 Å². The first-order valence-electron chi connectivity index (χ1n) is 10.4. The molecular weight excluding hydrogens is 502 g/mol. The maximum atomic E-state index is 11.3. The molecule has 13 heteroatoms.